The van der Waals surface area contributed by atoms with Crippen molar-refractivity contribution in [1.29, 1.82) is 0 Å². The van der Waals surface area contributed by atoms with Gasteiger partial charge in [-0.15, -0.1) is 0 Å². The molecule has 2 aromatic carbocycles. The number of hydrogen-bond acceptors (Lipinski definition) is 2. The molecule has 1 N–H and O–H groups in total. The maximum absolute atomic E-state index is 13.3. The fourth-order valence-electron chi connectivity index (χ4n) is 3.18. The first-order chi connectivity index (χ1) is 13.3. The summed E-state index contributed by atoms with van der Waals surface area (Å²) in [5.41, 5.74) is 2.78. The predicted octanol–water partition coefficient (Wildman–Crippen LogP) is 4.01. The minimum atomic E-state index is -0.579. The van der Waals surface area contributed by atoms with Crippen molar-refractivity contribution in [3.63, 3.8) is 0 Å². The van der Waals surface area contributed by atoms with Crippen LogP contribution in [0.1, 0.15) is 43.9 Å². The third kappa shape index (κ3) is 6.19. The second kappa shape index (κ2) is 10.0. The molecule has 1 atom stereocenters. The summed E-state index contributed by atoms with van der Waals surface area (Å²) < 4.78 is 13.3. The summed E-state index contributed by atoms with van der Waals surface area (Å²) in [6.45, 7) is 7.92. The molecule has 28 heavy (non-hydrogen) atoms. The second-order valence-electron chi connectivity index (χ2n) is 7.40. The highest BCUT2D eigenvalue weighted by Crippen LogP contribution is 2.16. The molecular weight excluding hydrogens is 355 g/mol. The molecule has 2 amide bonds. The maximum Gasteiger partial charge on any atom is 0.243 e. The van der Waals surface area contributed by atoms with Gasteiger partial charge in [-0.2, -0.15) is 0 Å². The summed E-state index contributed by atoms with van der Waals surface area (Å²) in [5, 5.41) is 2.90. The van der Waals surface area contributed by atoms with Crippen LogP contribution in [0.15, 0.2) is 48.5 Å². The van der Waals surface area contributed by atoms with Gasteiger partial charge in [0.2, 0.25) is 11.8 Å². The van der Waals surface area contributed by atoms with E-state index in [0.29, 0.717) is 6.42 Å². The lowest BCUT2D eigenvalue weighted by atomic mass is 10.0. The van der Waals surface area contributed by atoms with Crippen molar-refractivity contribution in [3.05, 3.63) is 71.0 Å². The number of halogens is 1. The Balaban J connectivity index is 2.28. The molecule has 5 heteroatoms. The Bertz CT molecular complexity index is 803. The van der Waals surface area contributed by atoms with Crippen LogP contribution >= 0.6 is 0 Å². The largest absolute Gasteiger partial charge is 0.352 e. The molecule has 0 aromatic heterocycles. The molecule has 0 aliphatic rings. The van der Waals surface area contributed by atoms with E-state index in [1.807, 2.05) is 52.0 Å². The van der Waals surface area contributed by atoms with Gasteiger partial charge in [0, 0.05) is 12.6 Å². The van der Waals surface area contributed by atoms with E-state index in [1.165, 1.54) is 12.1 Å². The van der Waals surface area contributed by atoms with Crippen molar-refractivity contribution in [3.8, 4) is 0 Å². The summed E-state index contributed by atoms with van der Waals surface area (Å²) in [7, 11) is 0. The van der Waals surface area contributed by atoms with Crippen LogP contribution in [-0.2, 0) is 22.6 Å². The van der Waals surface area contributed by atoms with Gasteiger partial charge in [0.25, 0.3) is 0 Å². The number of carbonyl (C=O) groups excluding carboxylic acids is 2. The molecule has 0 saturated heterocycles. The van der Waals surface area contributed by atoms with E-state index in [4.69, 9.17) is 0 Å². The van der Waals surface area contributed by atoms with Gasteiger partial charge in [-0.1, -0.05) is 48.9 Å². The molecule has 0 radical (unpaired) electrons. The molecule has 0 spiro atoms. The van der Waals surface area contributed by atoms with Crippen LogP contribution in [0, 0.1) is 12.7 Å². The average molecular weight is 384 g/mol. The number of amides is 2. The molecule has 0 aliphatic carbocycles. The molecule has 0 aliphatic heterocycles. The third-order valence-corrected chi connectivity index (χ3v) is 4.52. The molecule has 0 saturated carbocycles. The number of nitrogens with one attached hydrogen (secondary N) is 1. The molecule has 0 heterocycles. The van der Waals surface area contributed by atoms with Gasteiger partial charge in [-0.05, 0) is 50.5 Å². The number of hydrogen-bond donors (Lipinski definition) is 1. The molecule has 0 fully saturated rings. The lowest BCUT2D eigenvalue weighted by Gasteiger charge is -2.31. The first-order valence-electron chi connectivity index (χ1n) is 9.70. The third-order valence-electron chi connectivity index (χ3n) is 4.52. The lowest BCUT2D eigenvalue weighted by molar-refractivity contribution is -0.141. The Kier molecular flexibility index (Phi) is 7.73. The van der Waals surface area contributed by atoms with E-state index < -0.39 is 6.04 Å². The van der Waals surface area contributed by atoms with Crippen molar-refractivity contribution in [2.24, 2.45) is 0 Å². The molecule has 2 rings (SSSR count). The van der Waals surface area contributed by atoms with Crippen LogP contribution in [0.2, 0.25) is 0 Å². The molecule has 4 nitrogen and oxygen atoms in total. The minimum absolute atomic E-state index is 0.0129. The first-order valence-corrected chi connectivity index (χ1v) is 9.70. The van der Waals surface area contributed by atoms with Gasteiger partial charge in [0.1, 0.15) is 11.9 Å². The Morgan fingerprint density at radius 2 is 1.75 bits per heavy atom. The zero-order chi connectivity index (χ0) is 20.7. The molecule has 2 aromatic rings. The summed E-state index contributed by atoms with van der Waals surface area (Å²) in [4.78, 5) is 27.5. The highest BCUT2D eigenvalue weighted by atomic mass is 19.1. The number of aryl methyl sites for hydroxylation is 1. The van der Waals surface area contributed by atoms with Crippen LogP contribution in [0.5, 0.6) is 0 Å². The van der Waals surface area contributed by atoms with Gasteiger partial charge in [-0.25, -0.2) is 4.39 Å². The topological polar surface area (TPSA) is 49.4 Å². The van der Waals surface area contributed by atoms with Gasteiger partial charge >= 0.3 is 0 Å². The van der Waals surface area contributed by atoms with Crippen molar-refractivity contribution >= 4 is 11.8 Å². The number of nitrogens with zero attached hydrogens (tertiary/aromatic N) is 1. The summed E-state index contributed by atoms with van der Waals surface area (Å²) in [6, 6.07) is 13.2. The van der Waals surface area contributed by atoms with Gasteiger partial charge in [-0.3, -0.25) is 9.59 Å². The van der Waals surface area contributed by atoms with E-state index in [1.54, 1.807) is 17.0 Å². The highest BCUT2D eigenvalue weighted by Gasteiger charge is 2.29. The van der Waals surface area contributed by atoms with Crippen LogP contribution in [0.4, 0.5) is 4.39 Å². The first kappa shape index (κ1) is 21.6. The highest BCUT2D eigenvalue weighted by molar-refractivity contribution is 5.88. The van der Waals surface area contributed by atoms with Gasteiger partial charge in [0.05, 0.1) is 6.42 Å². The molecule has 0 unspecified atom stereocenters. The molecular formula is C23H29FN2O2. The fourth-order valence-corrected chi connectivity index (χ4v) is 3.18. The van der Waals surface area contributed by atoms with Crippen molar-refractivity contribution in [1.82, 2.24) is 10.2 Å². The fraction of sp³-hybridized carbons (Fsp3) is 0.391. The SMILES string of the molecule is CC[C@H](C(=O)NC(C)C)N(Cc1ccc(F)cc1)C(=O)Cc1cccc(C)c1. The smallest absolute Gasteiger partial charge is 0.243 e. The van der Waals surface area contributed by atoms with Crippen LogP contribution in [0.3, 0.4) is 0 Å². The average Bonchev–Trinajstić information content (AvgIpc) is 2.62. The van der Waals surface area contributed by atoms with Crippen LogP contribution in [0.25, 0.3) is 0 Å². The molecule has 150 valence electrons. The van der Waals surface area contributed by atoms with Crippen LogP contribution in [-0.4, -0.2) is 28.8 Å². The van der Waals surface area contributed by atoms with Crippen molar-refractivity contribution in [2.45, 2.75) is 59.2 Å². The number of benzene rings is 2. The summed E-state index contributed by atoms with van der Waals surface area (Å²) >= 11 is 0. The van der Waals surface area contributed by atoms with E-state index in [0.717, 1.165) is 16.7 Å². The number of carbonyl (C=O) groups is 2. The normalized spacial score (nSPS) is 11.9. The summed E-state index contributed by atoms with van der Waals surface area (Å²) in [6.07, 6.45) is 0.716. The Morgan fingerprint density at radius 1 is 1.07 bits per heavy atom. The zero-order valence-electron chi connectivity index (χ0n) is 17.0. The van der Waals surface area contributed by atoms with E-state index in [2.05, 4.69) is 5.32 Å². The van der Waals surface area contributed by atoms with E-state index >= 15 is 0 Å². The monoisotopic (exact) mass is 384 g/mol. The zero-order valence-corrected chi connectivity index (χ0v) is 17.0. The predicted molar refractivity (Wildman–Crippen MR) is 109 cm³/mol. The maximum atomic E-state index is 13.3. The van der Waals surface area contributed by atoms with Gasteiger partial charge < -0.3 is 10.2 Å². The Morgan fingerprint density at radius 3 is 2.32 bits per heavy atom. The van der Waals surface area contributed by atoms with Crippen molar-refractivity contribution < 1.29 is 14.0 Å². The number of rotatable bonds is 8. The summed E-state index contributed by atoms with van der Waals surface area (Å²) in [5.74, 6) is -0.621. The Hall–Kier alpha value is -2.69. The Labute approximate surface area is 166 Å². The van der Waals surface area contributed by atoms with Crippen molar-refractivity contribution in [2.75, 3.05) is 0 Å². The second-order valence-corrected chi connectivity index (χ2v) is 7.40. The lowest BCUT2D eigenvalue weighted by Crippen LogP contribution is -2.50. The van der Waals surface area contributed by atoms with Gasteiger partial charge in [0.15, 0.2) is 0 Å². The van der Waals surface area contributed by atoms with E-state index in [-0.39, 0.29) is 36.6 Å². The minimum Gasteiger partial charge on any atom is -0.352 e. The molecule has 0 bridgehead atoms. The van der Waals surface area contributed by atoms with E-state index in [9.17, 15) is 14.0 Å². The van der Waals surface area contributed by atoms with Crippen LogP contribution < -0.4 is 5.32 Å². The standard InChI is InChI=1S/C23H29FN2O2/c1-5-21(23(28)25-16(2)3)26(15-18-9-11-20(24)12-10-18)22(27)14-19-8-6-7-17(4)13-19/h6-13,16,21H,5,14-15H2,1-4H3,(H,25,28)/t21-/m1/s1. The quantitative estimate of drug-likeness (QED) is 0.748.